The fourth-order valence-electron chi connectivity index (χ4n) is 1.90. The molecule has 0 aliphatic heterocycles. The van der Waals surface area contributed by atoms with Crippen molar-refractivity contribution in [2.75, 3.05) is 0 Å². The fourth-order valence-corrected chi connectivity index (χ4v) is 1.90. The number of halogens is 7. The summed E-state index contributed by atoms with van der Waals surface area (Å²) in [6.45, 7) is 0. The minimum atomic E-state index is -5.64. The Bertz CT molecular complexity index is 808. The third-order valence-corrected chi connectivity index (χ3v) is 3.09. The number of benzene rings is 2. The Kier molecular flexibility index (Phi) is 5.70. The standard InChI is InChI=1S/C18H10F7N/c19-14-9-7-13(8-10-14)15(11-6-12-4-2-1-3-5-12)26-16(17(20,21)22)18(23,24)25/h1-5,7-10,16H. The van der Waals surface area contributed by atoms with Crippen LogP contribution in [0.15, 0.2) is 59.6 Å². The molecule has 0 atom stereocenters. The van der Waals surface area contributed by atoms with Crippen LogP contribution in [0.5, 0.6) is 0 Å². The van der Waals surface area contributed by atoms with E-state index in [1.54, 1.807) is 18.2 Å². The van der Waals surface area contributed by atoms with E-state index in [4.69, 9.17) is 0 Å². The van der Waals surface area contributed by atoms with Crippen LogP contribution < -0.4 is 0 Å². The molecule has 0 saturated heterocycles. The highest BCUT2D eigenvalue weighted by Crippen LogP contribution is 2.36. The van der Waals surface area contributed by atoms with E-state index in [0.717, 1.165) is 24.3 Å². The van der Waals surface area contributed by atoms with Crippen molar-refractivity contribution < 1.29 is 30.7 Å². The molecule has 136 valence electrons. The molecule has 2 rings (SSSR count). The summed E-state index contributed by atoms with van der Waals surface area (Å²) in [6, 6.07) is 7.82. The van der Waals surface area contributed by atoms with Crippen molar-refractivity contribution in [2.24, 2.45) is 4.99 Å². The molecule has 0 unspecified atom stereocenters. The third-order valence-electron chi connectivity index (χ3n) is 3.09. The summed E-state index contributed by atoms with van der Waals surface area (Å²) in [4.78, 5) is 2.80. The van der Waals surface area contributed by atoms with Crippen molar-refractivity contribution in [3.8, 4) is 11.8 Å². The fraction of sp³-hybridized carbons (Fsp3) is 0.167. The molecule has 0 saturated carbocycles. The van der Waals surface area contributed by atoms with Gasteiger partial charge in [0.15, 0.2) is 0 Å². The number of hydrogen-bond donors (Lipinski definition) is 0. The van der Waals surface area contributed by atoms with E-state index in [0.29, 0.717) is 5.56 Å². The molecule has 0 fully saturated rings. The lowest BCUT2D eigenvalue weighted by molar-refractivity contribution is -0.247. The van der Waals surface area contributed by atoms with Crippen LogP contribution in [-0.4, -0.2) is 24.1 Å². The monoisotopic (exact) mass is 373 g/mol. The molecule has 2 aromatic carbocycles. The van der Waals surface area contributed by atoms with E-state index >= 15 is 0 Å². The van der Waals surface area contributed by atoms with Crippen LogP contribution in [0.1, 0.15) is 11.1 Å². The molecule has 0 heterocycles. The highest BCUT2D eigenvalue weighted by atomic mass is 19.4. The molecule has 1 nitrogen and oxygen atoms in total. The van der Waals surface area contributed by atoms with Gasteiger partial charge in [-0.2, -0.15) is 26.3 Å². The number of aliphatic imine (C=N–C) groups is 1. The first-order chi connectivity index (χ1) is 12.1. The van der Waals surface area contributed by atoms with Crippen molar-refractivity contribution in [1.82, 2.24) is 0 Å². The molecule has 0 bridgehead atoms. The Balaban J connectivity index is 2.56. The number of hydrogen-bond acceptors (Lipinski definition) is 1. The average Bonchev–Trinajstić information content (AvgIpc) is 2.54. The van der Waals surface area contributed by atoms with Gasteiger partial charge in [0.1, 0.15) is 11.5 Å². The average molecular weight is 373 g/mol. The van der Waals surface area contributed by atoms with Crippen LogP contribution in [-0.2, 0) is 0 Å². The van der Waals surface area contributed by atoms with Crippen LogP contribution in [0.25, 0.3) is 0 Å². The van der Waals surface area contributed by atoms with Gasteiger partial charge in [-0.05, 0) is 42.3 Å². The SMILES string of the molecule is Fc1ccc(C(C#Cc2ccccc2)=NC(C(F)(F)F)C(F)(F)F)cc1. The number of alkyl halides is 6. The van der Waals surface area contributed by atoms with E-state index in [1.165, 1.54) is 12.1 Å². The Hall–Kier alpha value is -2.82. The van der Waals surface area contributed by atoms with E-state index in [1.807, 2.05) is 0 Å². The minimum absolute atomic E-state index is 0.159. The Labute approximate surface area is 144 Å². The molecule has 0 spiro atoms. The maximum atomic E-state index is 13.0. The zero-order valence-electron chi connectivity index (χ0n) is 12.9. The van der Waals surface area contributed by atoms with Crippen molar-refractivity contribution in [3.63, 3.8) is 0 Å². The van der Waals surface area contributed by atoms with Crippen LogP contribution in [0, 0.1) is 17.7 Å². The summed E-state index contributed by atoms with van der Waals surface area (Å²) >= 11 is 0. The highest BCUT2D eigenvalue weighted by molar-refractivity contribution is 6.13. The lowest BCUT2D eigenvalue weighted by Gasteiger charge is -2.19. The number of rotatable bonds is 2. The second-order valence-electron chi connectivity index (χ2n) is 5.09. The van der Waals surface area contributed by atoms with E-state index in [-0.39, 0.29) is 5.56 Å². The first kappa shape index (κ1) is 19.5. The Morgan fingerprint density at radius 1 is 0.808 bits per heavy atom. The highest BCUT2D eigenvalue weighted by Gasteiger charge is 2.57. The lowest BCUT2D eigenvalue weighted by Crippen LogP contribution is -2.41. The summed E-state index contributed by atoms with van der Waals surface area (Å²) in [5.41, 5.74) is -0.528. The quantitative estimate of drug-likeness (QED) is 0.392. The summed E-state index contributed by atoms with van der Waals surface area (Å²) in [7, 11) is 0. The maximum Gasteiger partial charge on any atom is 0.419 e. The second-order valence-corrected chi connectivity index (χ2v) is 5.09. The Morgan fingerprint density at radius 3 is 1.85 bits per heavy atom. The maximum absolute atomic E-state index is 13.0. The molecule has 2 aromatic rings. The van der Waals surface area contributed by atoms with Gasteiger partial charge in [0, 0.05) is 11.1 Å². The van der Waals surface area contributed by atoms with Crippen LogP contribution >= 0.6 is 0 Å². The molecular formula is C18H10F7N. The molecular weight excluding hydrogens is 363 g/mol. The van der Waals surface area contributed by atoms with Gasteiger partial charge in [-0.3, -0.25) is 4.99 Å². The minimum Gasteiger partial charge on any atom is -0.253 e. The summed E-state index contributed by atoms with van der Waals surface area (Å²) in [5, 5.41) is 0. The Morgan fingerprint density at radius 2 is 1.35 bits per heavy atom. The zero-order chi connectivity index (χ0) is 19.4. The topological polar surface area (TPSA) is 12.4 Å². The first-order valence-corrected chi connectivity index (χ1v) is 7.11. The zero-order valence-corrected chi connectivity index (χ0v) is 12.9. The van der Waals surface area contributed by atoms with Gasteiger partial charge in [-0.25, -0.2) is 4.39 Å². The number of nitrogens with zero attached hydrogens (tertiary/aromatic N) is 1. The summed E-state index contributed by atoms with van der Waals surface area (Å²) in [6.07, 6.45) is -11.3. The predicted octanol–water partition coefficient (Wildman–Crippen LogP) is 5.16. The van der Waals surface area contributed by atoms with Crippen LogP contribution in [0.3, 0.4) is 0 Å². The van der Waals surface area contributed by atoms with Crippen molar-refractivity contribution in [3.05, 3.63) is 71.5 Å². The van der Waals surface area contributed by atoms with Crippen LogP contribution in [0.2, 0.25) is 0 Å². The van der Waals surface area contributed by atoms with Crippen LogP contribution in [0.4, 0.5) is 30.7 Å². The predicted molar refractivity (Wildman–Crippen MR) is 82.2 cm³/mol. The smallest absolute Gasteiger partial charge is 0.253 e. The molecule has 8 heteroatoms. The van der Waals surface area contributed by atoms with Crippen molar-refractivity contribution in [1.29, 1.82) is 0 Å². The first-order valence-electron chi connectivity index (χ1n) is 7.11. The van der Waals surface area contributed by atoms with E-state index in [9.17, 15) is 30.7 Å². The molecule has 0 aromatic heterocycles. The van der Waals surface area contributed by atoms with Gasteiger partial charge < -0.3 is 0 Å². The van der Waals surface area contributed by atoms with E-state index in [2.05, 4.69) is 16.8 Å². The molecule has 0 radical (unpaired) electrons. The van der Waals surface area contributed by atoms with Crippen molar-refractivity contribution >= 4 is 5.71 Å². The van der Waals surface area contributed by atoms with Gasteiger partial charge in [-0.1, -0.05) is 24.1 Å². The molecule has 0 amide bonds. The molecule has 0 aliphatic carbocycles. The lowest BCUT2D eigenvalue weighted by atomic mass is 10.1. The summed E-state index contributed by atoms with van der Waals surface area (Å²) < 4.78 is 89.7. The van der Waals surface area contributed by atoms with Gasteiger partial charge in [-0.15, -0.1) is 0 Å². The van der Waals surface area contributed by atoms with Gasteiger partial charge in [0.05, 0.1) is 0 Å². The second kappa shape index (κ2) is 7.60. The van der Waals surface area contributed by atoms with Gasteiger partial charge in [0.25, 0.3) is 0 Å². The van der Waals surface area contributed by atoms with E-state index < -0.39 is 29.9 Å². The largest absolute Gasteiger partial charge is 0.419 e. The normalized spacial score (nSPS) is 12.7. The van der Waals surface area contributed by atoms with Crippen molar-refractivity contribution in [2.45, 2.75) is 18.4 Å². The molecule has 26 heavy (non-hydrogen) atoms. The molecule has 0 aliphatic rings. The van der Waals surface area contributed by atoms with Gasteiger partial charge in [0.2, 0.25) is 6.04 Å². The van der Waals surface area contributed by atoms with Gasteiger partial charge >= 0.3 is 12.4 Å². The third kappa shape index (κ3) is 5.34. The molecule has 0 N–H and O–H groups in total. The summed E-state index contributed by atoms with van der Waals surface area (Å²) in [5.74, 6) is 3.98.